The van der Waals surface area contributed by atoms with E-state index in [2.05, 4.69) is 9.82 Å². The van der Waals surface area contributed by atoms with E-state index in [0.29, 0.717) is 0 Å². The molecule has 8 nitrogen and oxygen atoms in total. The number of hydrogen-bond acceptors (Lipinski definition) is 6. The van der Waals surface area contributed by atoms with Gasteiger partial charge in [0.25, 0.3) is 0 Å². The minimum atomic E-state index is -0.579. The van der Waals surface area contributed by atoms with Crippen molar-refractivity contribution in [1.82, 2.24) is 9.55 Å². The predicted molar refractivity (Wildman–Crippen MR) is 61.5 cm³/mol. The molecule has 4 N–H and O–H groups in total. The molecular weight excluding hydrogens is 261 g/mol. The van der Waals surface area contributed by atoms with E-state index in [1.807, 2.05) is 0 Å². The zero-order valence-electron chi connectivity index (χ0n) is 8.18. The summed E-state index contributed by atoms with van der Waals surface area (Å²) in [6, 6.07) is 0. The van der Waals surface area contributed by atoms with Gasteiger partial charge in [0, 0.05) is 6.54 Å². The maximum atomic E-state index is 10.5. The fourth-order valence-corrected chi connectivity index (χ4v) is 1.01. The number of hydrogen-bond donors (Lipinski definition) is 2. The largest absolute Gasteiger partial charge is 0.434 e. The zero-order chi connectivity index (χ0) is 10.6. The summed E-state index contributed by atoms with van der Waals surface area (Å²) in [7, 11) is 0. The lowest BCUT2D eigenvalue weighted by molar-refractivity contribution is -0.397. The molecule has 94 valence electrons. The first-order valence-corrected chi connectivity index (χ1v) is 3.90. The van der Waals surface area contributed by atoms with Crippen molar-refractivity contribution in [2.45, 2.75) is 12.6 Å². The topological polar surface area (TPSA) is 122 Å². The highest BCUT2D eigenvalue weighted by molar-refractivity contribution is 5.85. The number of aromatic nitrogens is 2. The van der Waals surface area contributed by atoms with Gasteiger partial charge in [-0.15, -0.1) is 24.8 Å². The second-order valence-electron chi connectivity index (χ2n) is 2.63. The van der Waals surface area contributed by atoms with Crippen LogP contribution >= 0.6 is 24.8 Å². The first kappa shape index (κ1) is 17.5. The average molecular weight is 274 g/mol. The Morgan fingerprint density at radius 2 is 2.25 bits per heavy atom. The molecular formula is C6H13Cl2N5O3. The summed E-state index contributed by atoms with van der Waals surface area (Å²) in [5.41, 5.74) is 5.32. The van der Waals surface area contributed by atoms with E-state index in [-0.39, 0.29) is 43.9 Å². The lowest BCUT2D eigenvalue weighted by Crippen LogP contribution is -2.31. The van der Waals surface area contributed by atoms with Gasteiger partial charge in [0.05, 0.1) is 0 Å². The number of nitrogens with zero attached hydrogens (tertiary/aromatic N) is 3. The molecule has 1 aromatic rings. The van der Waals surface area contributed by atoms with Gasteiger partial charge in [-0.3, -0.25) is 4.84 Å². The molecule has 0 saturated carbocycles. The SMILES string of the molecule is Cl.Cl.NC[C@H](Cn1ccnc1[N+](=O)[O-])ON. The van der Waals surface area contributed by atoms with Gasteiger partial charge < -0.3 is 15.8 Å². The van der Waals surface area contributed by atoms with Gasteiger partial charge in [0.15, 0.2) is 0 Å². The van der Waals surface area contributed by atoms with Crippen molar-refractivity contribution in [3.8, 4) is 0 Å². The third-order valence-corrected chi connectivity index (χ3v) is 1.71. The van der Waals surface area contributed by atoms with Crippen LogP contribution in [0.25, 0.3) is 0 Å². The summed E-state index contributed by atoms with van der Waals surface area (Å²) in [6.07, 6.45) is 2.35. The van der Waals surface area contributed by atoms with E-state index in [1.165, 1.54) is 17.0 Å². The van der Waals surface area contributed by atoms with Crippen molar-refractivity contribution in [3.63, 3.8) is 0 Å². The maximum Gasteiger partial charge on any atom is 0.434 e. The quantitative estimate of drug-likeness (QED) is 0.568. The van der Waals surface area contributed by atoms with E-state index in [4.69, 9.17) is 11.6 Å². The molecule has 1 aromatic heterocycles. The molecule has 0 radical (unpaired) electrons. The molecule has 0 spiro atoms. The van der Waals surface area contributed by atoms with Crippen LogP contribution in [0.2, 0.25) is 0 Å². The highest BCUT2D eigenvalue weighted by atomic mass is 35.5. The highest BCUT2D eigenvalue weighted by Gasteiger charge is 2.17. The molecule has 0 fully saturated rings. The van der Waals surface area contributed by atoms with Crippen LogP contribution in [0.4, 0.5) is 5.95 Å². The van der Waals surface area contributed by atoms with E-state index >= 15 is 0 Å². The molecule has 0 bridgehead atoms. The molecule has 0 aromatic carbocycles. The van der Waals surface area contributed by atoms with E-state index < -0.39 is 11.0 Å². The van der Waals surface area contributed by atoms with Crippen LogP contribution in [0.1, 0.15) is 0 Å². The maximum absolute atomic E-state index is 10.5. The second-order valence-corrected chi connectivity index (χ2v) is 2.63. The Kier molecular flexibility index (Phi) is 9.00. The first-order valence-electron chi connectivity index (χ1n) is 3.90. The number of nitrogens with two attached hydrogens (primary N) is 2. The summed E-state index contributed by atoms with van der Waals surface area (Å²) < 4.78 is 1.32. The van der Waals surface area contributed by atoms with Gasteiger partial charge in [-0.1, -0.05) is 4.98 Å². The minimum Gasteiger partial charge on any atom is -0.390 e. The Balaban J connectivity index is 0. The van der Waals surface area contributed by atoms with Crippen molar-refractivity contribution in [2.75, 3.05) is 6.54 Å². The predicted octanol–water partition coefficient (Wildman–Crippen LogP) is -0.148. The van der Waals surface area contributed by atoms with Gasteiger partial charge in [-0.25, -0.2) is 10.5 Å². The summed E-state index contributed by atoms with van der Waals surface area (Å²) >= 11 is 0. The van der Waals surface area contributed by atoms with Crippen molar-refractivity contribution < 1.29 is 9.76 Å². The highest BCUT2D eigenvalue weighted by Crippen LogP contribution is 2.08. The summed E-state index contributed by atoms with van der Waals surface area (Å²) in [4.78, 5) is 18.0. The van der Waals surface area contributed by atoms with Crippen LogP contribution < -0.4 is 11.6 Å². The lowest BCUT2D eigenvalue weighted by Gasteiger charge is -2.10. The van der Waals surface area contributed by atoms with Crippen LogP contribution in [-0.2, 0) is 11.4 Å². The second kappa shape index (κ2) is 8.25. The molecule has 10 heteroatoms. The average Bonchev–Trinajstić information content (AvgIpc) is 2.62. The molecule has 0 aliphatic carbocycles. The van der Waals surface area contributed by atoms with Crippen molar-refractivity contribution in [3.05, 3.63) is 22.5 Å². The van der Waals surface area contributed by atoms with Crippen molar-refractivity contribution in [1.29, 1.82) is 0 Å². The van der Waals surface area contributed by atoms with Crippen LogP contribution in [0.3, 0.4) is 0 Å². The smallest absolute Gasteiger partial charge is 0.390 e. The Morgan fingerprint density at radius 1 is 1.62 bits per heavy atom. The van der Waals surface area contributed by atoms with Crippen LogP contribution in [0.5, 0.6) is 0 Å². The Bertz CT molecular complexity index is 317. The Labute approximate surface area is 104 Å². The fourth-order valence-electron chi connectivity index (χ4n) is 1.01. The standard InChI is InChI=1S/C6H11N5O3.2ClH/c7-3-5(14-8)4-10-2-1-9-6(10)11(12)13;;/h1-2,5H,3-4,7-8H2;2*1H/t5-;;/m1../s1. The third-order valence-electron chi connectivity index (χ3n) is 1.71. The molecule has 0 aliphatic rings. The van der Waals surface area contributed by atoms with Crippen molar-refractivity contribution >= 4 is 30.8 Å². The molecule has 16 heavy (non-hydrogen) atoms. The Hall–Kier alpha value is -0.930. The number of imidazole rings is 1. The molecule has 1 atom stereocenters. The monoisotopic (exact) mass is 273 g/mol. The molecule has 1 heterocycles. The summed E-state index contributed by atoms with van der Waals surface area (Å²) in [5, 5.41) is 10.5. The van der Waals surface area contributed by atoms with Crippen LogP contribution in [0.15, 0.2) is 12.4 Å². The molecule has 0 unspecified atom stereocenters. The molecule has 0 saturated heterocycles. The number of nitro groups is 1. The Morgan fingerprint density at radius 3 is 2.69 bits per heavy atom. The van der Waals surface area contributed by atoms with E-state index in [9.17, 15) is 10.1 Å². The van der Waals surface area contributed by atoms with Gasteiger partial charge >= 0.3 is 5.95 Å². The minimum absolute atomic E-state index is 0. The van der Waals surface area contributed by atoms with Crippen LogP contribution in [0, 0.1) is 10.1 Å². The van der Waals surface area contributed by atoms with Crippen molar-refractivity contribution in [2.24, 2.45) is 11.6 Å². The lowest BCUT2D eigenvalue weighted by atomic mass is 10.3. The van der Waals surface area contributed by atoms with E-state index in [0.717, 1.165) is 0 Å². The normalized spacial score (nSPS) is 11.1. The van der Waals surface area contributed by atoms with Gasteiger partial charge in [-0.2, -0.15) is 0 Å². The number of halogens is 2. The molecule has 0 aliphatic heterocycles. The number of rotatable bonds is 5. The van der Waals surface area contributed by atoms with Crippen LogP contribution in [-0.4, -0.2) is 27.1 Å². The summed E-state index contributed by atoms with van der Waals surface area (Å²) in [5.74, 6) is 4.69. The third kappa shape index (κ3) is 4.29. The summed E-state index contributed by atoms with van der Waals surface area (Å²) in [6.45, 7) is 0.398. The van der Waals surface area contributed by atoms with Gasteiger partial charge in [0.1, 0.15) is 25.0 Å². The van der Waals surface area contributed by atoms with Gasteiger partial charge in [-0.05, 0) is 4.92 Å². The molecule has 0 amide bonds. The molecule has 1 rings (SSSR count). The zero-order valence-corrected chi connectivity index (χ0v) is 9.82. The van der Waals surface area contributed by atoms with E-state index in [1.54, 1.807) is 0 Å². The fraction of sp³-hybridized carbons (Fsp3) is 0.500. The first-order chi connectivity index (χ1) is 6.69. The van der Waals surface area contributed by atoms with Gasteiger partial charge in [0.2, 0.25) is 0 Å².